The molecule has 0 N–H and O–H groups in total. The Balaban J connectivity index is 2.01. The predicted molar refractivity (Wildman–Crippen MR) is 78.3 cm³/mol. The lowest BCUT2D eigenvalue weighted by Crippen LogP contribution is -2.15. The van der Waals surface area contributed by atoms with Crippen LogP contribution in [-0.2, 0) is 19.4 Å². The maximum absolute atomic E-state index is 12.9. The second kappa shape index (κ2) is 7.39. The third-order valence-electron chi connectivity index (χ3n) is 3.26. The summed E-state index contributed by atoms with van der Waals surface area (Å²) >= 11 is 6.06. The summed E-state index contributed by atoms with van der Waals surface area (Å²) in [5.41, 5.74) is 1.10. The van der Waals surface area contributed by atoms with Crippen molar-refractivity contribution in [2.24, 2.45) is 5.92 Å². The lowest BCUT2D eigenvalue weighted by Gasteiger charge is -2.14. The van der Waals surface area contributed by atoms with Crippen LogP contribution >= 0.6 is 11.6 Å². The summed E-state index contributed by atoms with van der Waals surface area (Å²) in [4.78, 5) is 4.31. The Morgan fingerprint density at radius 2 is 2.00 bits per heavy atom. The fourth-order valence-corrected chi connectivity index (χ4v) is 2.46. The smallest absolute Gasteiger partial charge is 0.138 e. The summed E-state index contributed by atoms with van der Waals surface area (Å²) in [7, 11) is 0. The SMILES string of the molecule is CCCn1ncnc1CC(CCl)Cc1ccc(F)cc1. The van der Waals surface area contributed by atoms with Crippen molar-refractivity contribution in [2.45, 2.75) is 32.7 Å². The van der Waals surface area contributed by atoms with Crippen molar-refractivity contribution >= 4 is 11.6 Å². The molecule has 2 rings (SSSR count). The van der Waals surface area contributed by atoms with Crippen LogP contribution in [0, 0.1) is 11.7 Å². The topological polar surface area (TPSA) is 30.7 Å². The molecule has 0 amide bonds. The van der Waals surface area contributed by atoms with Crippen molar-refractivity contribution in [3.63, 3.8) is 0 Å². The summed E-state index contributed by atoms with van der Waals surface area (Å²) in [5, 5.41) is 4.22. The van der Waals surface area contributed by atoms with Crippen LogP contribution in [0.3, 0.4) is 0 Å². The Bertz CT molecular complexity index is 524. The molecule has 2 aromatic rings. The van der Waals surface area contributed by atoms with Crippen LogP contribution in [-0.4, -0.2) is 20.6 Å². The van der Waals surface area contributed by atoms with Crippen LogP contribution < -0.4 is 0 Å². The van der Waals surface area contributed by atoms with Crippen LogP contribution in [0.15, 0.2) is 30.6 Å². The van der Waals surface area contributed by atoms with Crippen molar-refractivity contribution in [2.75, 3.05) is 5.88 Å². The minimum absolute atomic E-state index is 0.209. The average molecular weight is 296 g/mol. The van der Waals surface area contributed by atoms with E-state index in [1.807, 2.05) is 16.8 Å². The van der Waals surface area contributed by atoms with Gasteiger partial charge in [0.25, 0.3) is 0 Å². The van der Waals surface area contributed by atoms with Gasteiger partial charge in [-0.25, -0.2) is 9.37 Å². The zero-order valence-electron chi connectivity index (χ0n) is 11.6. The van der Waals surface area contributed by atoms with Gasteiger partial charge in [0, 0.05) is 18.8 Å². The molecule has 0 aliphatic heterocycles. The standard InChI is InChI=1S/C15H19ClFN3/c1-2-7-20-15(18-11-19-20)9-13(10-16)8-12-3-5-14(17)6-4-12/h3-6,11,13H,2,7-10H2,1H3. The lowest BCUT2D eigenvalue weighted by molar-refractivity contribution is 0.508. The van der Waals surface area contributed by atoms with Gasteiger partial charge in [-0.2, -0.15) is 5.10 Å². The van der Waals surface area contributed by atoms with E-state index < -0.39 is 0 Å². The van der Waals surface area contributed by atoms with Crippen LogP contribution in [0.5, 0.6) is 0 Å². The highest BCUT2D eigenvalue weighted by Crippen LogP contribution is 2.16. The molecule has 5 heteroatoms. The largest absolute Gasteiger partial charge is 0.250 e. The normalized spacial score (nSPS) is 12.6. The van der Waals surface area contributed by atoms with Crippen LogP contribution in [0.4, 0.5) is 4.39 Å². The van der Waals surface area contributed by atoms with Gasteiger partial charge in [-0.15, -0.1) is 11.6 Å². The summed E-state index contributed by atoms with van der Waals surface area (Å²) in [6, 6.07) is 6.59. The number of benzene rings is 1. The second-order valence-electron chi connectivity index (χ2n) is 4.95. The third-order valence-corrected chi connectivity index (χ3v) is 3.69. The highest BCUT2D eigenvalue weighted by atomic mass is 35.5. The molecule has 0 aliphatic rings. The van der Waals surface area contributed by atoms with E-state index in [0.29, 0.717) is 5.88 Å². The van der Waals surface area contributed by atoms with E-state index >= 15 is 0 Å². The fraction of sp³-hybridized carbons (Fsp3) is 0.467. The Kier molecular flexibility index (Phi) is 5.53. The lowest BCUT2D eigenvalue weighted by atomic mass is 9.97. The molecule has 0 saturated heterocycles. The maximum Gasteiger partial charge on any atom is 0.138 e. The molecule has 1 heterocycles. The molecule has 0 saturated carbocycles. The molecule has 108 valence electrons. The summed E-state index contributed by atoms with van der Waals surface area (Å²) < 4.78 is 14.8. The molecule has 0 spiro atoms. The molecular formula is C15H19ClFN3. The van der Waals surface area contributed by atoms with E-state index in [9.17, 15) is 4.39 Å². The van der Waals surface area contributed by atoms with Crippen molar-refractivity contribution in [3.05, 3.63) is 47.8 Å². The van der Waals surface area contributed by atoms with Crippen molar-refractivity contribution < 1.29 is 4.39 Å². The van der Waals surface area contributed by atoms with Gasteiger partial charge in [-0.3, -0.25) is 4.68 Å². The Morgan fingerprint density at radius 1 is 1.25 bits per heavy atom. The quantitative estimate of drug-likeness (QED) is 0.732. The van der Waals surface area contributed by atoms with Gasteiger partial charge in [0.15, 0.2) is 0 Å². The molecule has 0 aliphatic carbocycles. The average Bonchev–Trinajstić information content (AvgIpc) is 2.88. The summed E-state index contributed by atoms with van der Waals surface area (Å²) in [5.74, 6) is 1.59. The van der Waals surface area contributed by atoms with Gasteiger partial charge in [0.2, 0.25) is 0 Å². The number of alkyl halides is 1. The highest BCUT2D eigenvalue weighted by Gasteiger charge is 2.14. The zero-order chi connectivity index (χ0) is 14.4. The monoisotopic (exact) mass is 295 g/mol. The first kappa shape index (κ1) is 15.0. The van der Waals surface area contributed by atoms with Gasteiger partial charge in [0.05, 0.1) is 0 Å². The Morgan fingerprint density at radius 3 is 2.65 bits per heavy atom. The van der Waals surface area contributed by atoms with Gasteiger partial charge < -0.3 is 0 Å². The van der Waals surface area contributed by atoms with Crippen molar-refractivity contribution in [1.29, 1.82) is 0 Å². The molecule has 0 fully saturated rings. The number of nitrogens with zero attached hydrogens (tertiary/aromatic N) is 3. The predicted octanol–water partition coefficient (Wildman–Crippen LogP) is 3.47. The third kappa shape index (κ3) is 4.04. The number of aryl methyl sites for hydroxylation is 1. The van der Waals surface area contributed by atoms with E-state index in [1.165, 1.54) is 12.1 Å². The fourth-order valence-electron chi connectivity index (χ4n) is 2.24. The Labute approximate surface area is 123 Å². The van der Waals surface area contributed by atoms with E-state index in [4.69, 9.17) is 11.6 Å². The minimum Gasteiger partial charge on any atom is -0.250 e. The number of hydrogen-bond acceptors (Lipinski definition) is 2. The number of aromatic nitrogens is 3. The molecule has 0 bridgehead atoms. The van der Waals surface area contributed by atoms with Gasteiger partial charge in [0.1, 0.15) is 18.0 Å². The van der Waals surface area contributed by atoms with E-state index in [0.717, 1.165) is 37.2 Å². The van der Waals surface area contributed by atoms with Gasteiger partial charge >= 0.3 is 0 Å². The van der Waals surface area contributed by atoms with Gasteiger partial charge in [-0.05, 0) is 36.5 Å². The van der Waals surface area contributed by atoms with E-state index in [2.05, 4.69) is 17.0 Å². The first-order valence-electron chi connectivity index (χ1n) is 6.90. The molecule has 1 aromatic heterocycles. The van der Waals surface area contributed by atoms with Gasteiger partial charge in [-0.1, -0.05) is 19.1 Å². The molecule has 0 radical (unpaired) electrons. The number of rotatable bonds is 7. The highest BCUT2D eigenvalue weighted by molar-refractivity contribution is 6.18. The molecule has 3 nitrogen and oxygen atoms in total. The van der Waals surface area contributed by atoms with Crippen molar-refractivity contribution in [1.82, 2.24) is 14.8 Å². The van der Waals surface area contributed by atoms with Crippen molar-refractivity contribution in [3.8, 4) is 0 Å². The summed E-state index contributed by atoms with van der Waals surface area (Å²) in [6.07, 6.45) is 4.23. The van der Waals surface area contributed by atoms with Crippen LogP contribution in [0.25, 0.3) is 0 Å². The van der Waals surface area contributed by atoms with E-state index in [1.54, 1.807) is 6.33 Å². The Hall–Kier alpha value is -1.42. The minimum atomic E-state index is -0.209. The summed E-state index contributed by atoms with van der Waals surface area (Å²) in [6.45, 7) is 2.99. The zero-order valence-corrected chi connectivity index (χ0v) is 12.4. The second-order valence-corrected chi connectivity index (χ2v) is 5.26. The molecule has 1 aromatic carbocycles. The van der Waals surface area contributed by atoms with Crippen LogP contribution in [0.1, 0.15) is 24.7 Å². The molecule has 20 heavy (non-hydrogen) atoms. The maximum atomic E-state index is 12.9. The first-order chi connectivity index (χ1) is 9.72. The molecule has 1 unspecified atom stereocenters. The number of halogens is 2. The molecule has 1 atom stereocenters. The number of hydrogen-bond donors (Lipinski definition) is 0. The van der Waals surface area contributed by atoms with Crippen LogP contribution in [0.2, 0.25) is 0 Å². The first-order valence-corrected chi connectivity index (χ1v) is 7.43. The van der Waals surface area contributed by atoms with E-state index in [-0.39, 0.29) is 11.7 Å². The molecular weight excluding hydrogens is 277 g/mol.